The Labute approximate surface area is 47.2 Å². The van der Waals surface area contributed by atoms with Crippen LogP contribution in [-0.2, 0) is 9.39 Å². The zero-order chi connectivity index (χ0) is 5.98. The smallest absolute Gasteiger partial charge is 0.402 e. The standard InChI is InChI=1S/C3H7BO4/c5-4(6)8-2-3-1-7-3/h3,5-6H,1-2H2. The van der Waals surface area contributed by atoms with Crippen molar-refractivity contribution >= 4 is 7.32 Å². The lowest BCUT2D eigenvalue weighted by atomic mass is 10.2. The molecule has 0 radical (unpaired) electrons. The Bertz CT molecular complexity index is 69.7. The highest BCUT2D eigenvalue weighted by Gasteiger charge is 2.24. The van der Waals surface area contributed by atoms with Crippen molar-refractivity contribution in [3.8, 4) is 0 Å². The molecule has 2 N–H and O–H groups in total. The van der Waals surface area contributed by atoms with Gasteiger partial charge >= 0.3 is 7.32 Å². The van der Waals surface area contributed by atoms with Crippen LogP contribution in [0.1, 0.15) is 0 Å². The van der Waals surface area contributed by atoms with Crippen LogP contribution in [0.25, 0.3) is 0 Å². The minimum absolute atomic E-state index is 0.0943. The molecular weight excluding hydrogens is 111 g/mol. The van der Waals surface area contributed by atoms with E-state index >= 15 is 0 Å². The van der Waals surface area contributed by atoms with E-state index in [9.17, 15) is 0 Å². The molecule has 1 heterocycles. The quantitative estimate of drug-likeness (QED) is 0.345. The summed E-state index contributed by atoms with van der Waals surface area (Å²) >= 11 is 0. The summed E-state index contributed by atoms with van der Waals surface area (Å²) in [4.78, 5) is 0. The predicted octanol–water partition coefficient (Wildman–Crippen LogP) is -1.63. The first-order valence-electron chi connectivity index (χ1n) is 2.38. The van der Waals surface area contributed by atoms with Crippen molar-refractivity contribution in [2.45, 2.75) is 6.10 Å². The highest BCUT2D eigenvalue weighted by molar-refractivity contribution is 6.32. The van der Waals surface area contributed by atoms with Crippen molar-refractivity contribution in [3.63, 3.8) is 0 Å². The molecule has 1 fully saturated rings. The second-order valence-electron chi connectivity index (χ2n) is 1.61. The van der Waals surface area contributed by atoms with Gasteiger partial charge in [0, 0.05) is 0 Å². The van der Waals surface area contributed by atoms with Gasteiger partial charge in [0.2, 0.25) is 0 Å². The van der Waals surface area contributed by atoms with Gasteiger partial charge in [-0.25, -0.2) is 0 Å². The number of hydrogen-bond donors (Lipinski definition) is 2. The van der Waals surface area contributed by atoms with Gasteiger partial charge in [0.1, 0.15) is 6.10 Å². The molecule has 0 aliphatic carbocycles. The van der Waals surface area contributed by atoms with Gasteiger partial charge in [-0.2, -0.15) is 0 Å². The predicted molar refractivity (Wildman–Crippen MR) is 25.9 cm³/mol. The molecule has 5 heteroatoms. The molecule has 0 aromatic rings. The SMILES string of the molecule is OB(O)OCC1CO1. The number of hydrogen-bond acceptors (Lipinski definition) is 4. The highest BCUT2D eigenvalue weighted by Crippen LogP contribution is 2.07. The molecule has 1 saturated heterocycles. The molecule has 1 unspecified atom stereocenters. The van der Waals surface area contributed by atoms with Crippen molar-refractivity contribution in [2.75, 3.05) is 13.2 Å². The van der Waals surface area contributed by atoms with Crippen LogP contribution in [0.4, 0.5) is 0 Å². The van der Waals surface area contributed by atoms with Crippen LogP contribution in [-0.4, -0.2) is 36.7 Å². The van der Waals surface area contributed by atoms with E-state index in [0.717, 1.165) is 0 Å². The van der Waals surface area contributed by atoms with Gasteiger partial charge in [0.05, 0.1) is 13.2 Å². The summed E-state index contributed by atoms with van der Waals surface area (Å²) in [5, 5.41) is 16.2. The highest BCUT2D eigenvalue weighted by atomic mass is 16.6. The summed E-state index contributed by atoms with van der Waals surface area (Å²) in [7, 11) is -1.65. The van der Waals surface area contributed by atoms with E-state index in [1.165, 1.54) is 0 Å². The van der Waals surface area contributed by atoms with E-state index in [1.807, 2.05) is 0 Å². The maximum Gasteiger partial charge on any atom is 0.633 e. The Hall–Kier alpha value is -0.0951. The van der Waals surface area contributed by atoms with E-state index in [1.54, 1.807) is 0 Å². The van der Waals surface area contributed by atoms with Crippen molar-refractivity contribution in [1.82, 2.24) is 0 Å². The van der Waals surface area contributed by atoms with E-state index in [-0.39, 0.29) is 12.7 Å². The fourth-order valence-corrected chi connectivity index (χ4v) is 0.358. The van der Waals surface area contributed by atoms with Gasteiger partial charge in [-0.3, -0.25) is 0 Å². The van der Waals surface area contributed by atoms with Crippen LogP contribution in [0.5, 0.6) is 0 Å². The average Bonchev–Trinajstić information content (AvgIpc) is 2.41. The molecule has 0 spiro atoms. The Morgan fingerprint density at radius 3 is 2.75 bits per heavy atom. The Kier molecular flexibility index (Phi) is 1.85. The van der Waals surface area contributed by atoms with E-state index in [4.69, 9.17) is 14.8 Å². The lowest BCUT2D eigenvalue weighted by Crippen LogP contribution is -2.19. The van der Waals surface area contributed by atoms with Crippen LogP contribution in [0.15, 0.2) is 0 Å². The van der Waals surface area contributed by atoms with Gasteiger partial charge in [-0.1, -0.05) is 0 Å². The second-order valence-corrected chi connectivity index (χ2v) is 1.61. The lowest BCUT2D eigenvalue weighted by Gasteiger charge is -1.95. The summed E-state index contributed by atoms with van der Waals surface area (Å²) in [6.07, 6.45) is 0.0943. The fourth-order valence-electron chi connectivity index (χ4n) is 0.358. The van der Waals surface area contributed by atoms with Crippen LogP contribution in [0.2, 0.25) is 0 Å². The maximum atomic E-state index is 8.11. The van der Waals surface area contributed by atoms with Crippen molar-refractivity contribution < 1.29 is 19.4 Å². The molecular formula is C3H7BO4. The molecule has 0 bridgehead atoms. The van der Waals surface area contributed by atoms with Gasteiger partial charge in [0.25, 0.3) is 0 Å². The second kappa shape index (κ2) is 2.45. The minimum atomic E-state index is -1.65. The third kappa shape index (κ3) is 2.27. The molecule has 0 saturated carbocycles. The number of rotatable bonds is 3. The maximum absolute atomic E-state index is 8.11. The molecule has 1 aliphatic heterocycles. The van der Waals surface area contributed by atoms with Crippen LogP contribution >= 0.6 is 0 Å². The normalized spacial score (nSPS) is 25.5. The van der Waals surface area contributed by atoms with Crippen molar-refractivity contribution in [3.05, 3.63) is 0 Å². The third-order valence-corrected chi connectivity index (χ3v) is 0.834. The van der Waals surface area contributed by atoms with Gasteiger partial charge < -0.3 is 19.4 Å². The summed E-state index contributed by atoms with van der Waals surface area (Å²) in [5.74, 6) is 0. The van der Waals surface area contributed by atoms with E-state index < -0.39 is 7.32 Å². The van der Waals surface area contributed by atoms with E-state index in [2.05, 4.69) is 4.65 Å². The fraction of sp³-hybridized carbons (Fsp3) is 1.00. The molecule has 46 valence electrons. The molecule has 1 atom stereocenters. The first kappa shape index (κ1) is 6.03. The summed E-state index contributed by atoms with van der Waals surface area (Å²) in [6, 6.07) is 0. The minimum Gasteiger partial charge on any atom is -0.402 e. The molecule has 0 aromatic carbocycles. The number of ether oxygens (including phenoxy) is 1. The zero-order valence-corrected chi connectivity index (χ0v) is 4.28. The topological polar surface area (TPSA) is 62.2 Å². The molecule has 0 amide bonds. The Morgan fingerprint density at radius 1 is 1.75 bits per heavy atom. The first-order chi connectivity index (χ1) is 3.79. The van der Waals surface area contributed by atoms with Crippen LogP contribution in [0.3, 0.4) is 0 Å². The summed E-state index contributed by atoms with van der Waals surface area (Å²) in [6.45, 7) is 0.949. The summed E-state index contributed by atoms with van der Waals surface area (Å²) in [5.41, 5.74) is 0. The van der Waals surface area contributed by atoms with Crippen LogP contribution < -0.4 is 0 Å². The molecule has 4 nitrogen and oxygen atoms in total. The largest absolute Gasteiger partial charge is 0.633 e. The van der Waals surface area contributed by atoms with Crippen molar-refractivity contribution in [1.29, 1.82) is 0 Å². The molecule has 1 aliphatic rings. The summed E-state index contributed by atoms with van der Waals surface area (Å²) < 4.78 is 9.06. The average molecular weight is 118 g/mol. The monoisotopic (exact) mass is 118 g/mol. The van der Waals surface area contributed by atoms with Gasteiger partial charge in [-0.05, 0) is 0 Å². The number of epoxide rings is 1. The molecule has 8 heavy (non-hydrogen) atoms. The third-order valence-electron chi connectivity index (χ3n) is 0.834. The van der Waals surface area contributed by atoms with Crippen molar-refractivity contribution in [2.24, 2.45) is 0 Å². The zero-order valence-electron chi connectivity index (χ0n) is 4.28. The molecule has 0 aromatic heterocycles. The lowest BCUT2D eigenvalue weighted by molar-refractivity contribution is 0.168. The van der Waals surface area contributed by atoms with Gasteiger partial charge in [-0.15, -0.1) is 0 Å². The Morgan fingerprint density at radius 2 is 2.38 bits per heavy atom. The first-order valence-corrected chi connectivity index (χ1v) is 2.38. The molecule has 1 rings (SSSR count). The van der Waals surface area contributed by atoms with Gasteiger partial charge in [0.15, 0.2) is 0 Å². The Balaban J connectivity index is 1.87. The van der Waals surface area contributed by atoms with E-state index in [0.29, 0.717) is 6.61 Å². The van der Waals surface area contributed by atoms with Crippen LogP contribution in [0, 0.1) is 0 Å².